The van der Waals surface area contributed by atoms with Gasteiger partial charge in [0, 0.05) is 18.9 Å². The number of benzene rings is 1. The summed E-state index contributed by atoms with van der Waals surface area (Å²) in [6, 6.07) is 10.2. The minimum Gasteiger partial charge on any atom is -0.492 e. The third-order valence-electron chi connectivity index (χ3n) is 2.64. The molecule has 0 aliphatic rings. The molecule has 0 unspecified atom stereocenters. The zero-order chi connectivity index (χ0) is 12.8. The molecule has 1 N–H and O–H groups in total. The van der Waals surface area contributed by atoms with Crippen LogP contribution in [0, 0.1) is 6.92 Å². The maximum atomic E-state index is 5.60. The van der Waals surface area contributed by atoms with Crippen molar-refractivity contribution in [2.24, 2.45) is 0 Å². The summed E-state index contributed by atoms with van der Waals surface area (Å²) in [5, 5.41) is 3.39. The fourth-order valence-corrected chi connectivity index (χ4v) is 1.76. The zero-order valence-electron chi connectivity index (χ0n) is 10.8. The number of hydrogen-bond donors (Lipinski definition) is 1. The van der Waals surface area contributed by atoms with Gasteiger partial charge in [0.05, 0.1) is 12.3 Å². The van der Waals surface area contributed by atoms with Crippen molar-refractivity contribution in [1.82, 2.24) is 4.98 Å². The average molecular weight is 242 g/mol. The van der Waals surface area contributed by atoms with Crippen molar-refractivity contribution in [2.45, 2.75) is 20.4 Å². The Kier molecular flexibility index (Phi) is 4.18. The minimum atomic E-state index is 0.671. The Balaban J connectivity index is 2.10. The highest BCUT2D eigenvalue weighted by molar-refractivity contribution is 5.58. The van der Waals surface area contributed by atoms with Gasteiger partial charge < -0.3 is 10.1 Å². The molecule has 0 radical (unpaired) electrons. The number of anilines is 1. The number of pyridine rings is 1. The third-order valence-corrected chi connectivity index (χ3v) is 2.64. The number of rotatable bonds is 5. The molecular weight excluding hydrogens is 224 g/mol. The highest BCUT2D eigenvalue weighted by atomic mass is 16.5. The van der Waals surface area contributed by atoms with E-state index in [2.05, 4.69) is 35.4 Å². The Morgan fingerprint density at radius 1 is 1.28 bits per heavy atom. The first-order valence-corrected chi connectivity index (χ1v) is 6.16. The molecule has 0 saturated heterocycles. The fourth-order valence-electron chi connectivity index (χ4n) is 1.76. The van der Waals surface area contributed by atoms with Gasteiger partial charge in [0.1, 0.15) is 5.75 Å². The molecule has 0 aliphatic heterocycles. The van der Waals surface area contributed by atoms with Crippen molar-refractivity contribution in [1.29, 1.82) is 0 Å². The van der Waals surface area contributed by atoms with E-state index in [1.54, 1.807) is 6.20 Å². The molecule has 0 fully saturated rings. The minimum absolute atomic E-state index is 0.671. The molecule has 0 amide bonds. The monoisotopic (exact) mass is 242 g/mol. The van der Waals surface area contributed by atoms with Gasteiger partial charge in [-0.05, 0) is 43.2 Å². The quantitative estimate of drug-likeness (QED) is 0.872. The van der Waals surface area contributed by atoms with E-state index < -0.39 is 0 Å². The first kappa shape index (κ1) is 12.4. The second-order valence-corrected chi connectivity index (χ2v) is 4.15. The fraction of sp³-hybridized carbons (Fsp3) is 0.267. The molecule has 1 aromatic heterocycles. The first-order valence-electron chi connectivity index (χ1n) is 6.16. The summed E-state index contributed by atoms with van der Waals surface area (Å²) in [6.45, 7) is 5.48. The summed E-state index contributed by atoms with van der Waals surface area (Å²) in [5.74, 6) is 0.895. The summed E-state index contributed by atoms with van der Waals surface area (Å²) >= 11 is 0. The Morgan fingerprint density at radius 3 is 2.89 bits per heavy atom. The van der Waals surface area contributed by atoms with Crippen LogP contribution in [0.15, 0.2) is 42.7 Å². The third kappa shape index (κ3) is 3.23. The summed E-state index contributed by atoms with van der Waals surface area (Å²) in [6.07, 6.45) is 3.64. The highest BCUT2D eigenvalue weighted by Gasteiger charge is 2.03. The summed E-state index contributed by atoms with van der Waals surface area (Å²) in [7, 11) is 0. The molecule has 2 aromatic rings. The second kappa shape index (κ2) is 6.05. The van der Waals surface area contributed by atoms with Crippen LogP contribution < -0.4 is 10.1 Å². The van der Waals surface area contributed by atoms with Crippen LogP contribution in [0.1, 0.15) is 18.1 Å². The number of nitrogens with zero attached hydrogens (tertiary/aromatic N) is 1. The molecule has 3 nitrogen and oxygen atoms in total. The van der Waals surface area contributed by atoms with Crippen LogP contribution >= 0.6 is 0 Å². The number of aromatic nitrogens is 1. The van der Waals surface area contributed by atoms with E-state index in [0.717, 1.165) is 23.5 Å². The molecule has 0 saturated carbocycles. The van der Waals surface area contributed by atoms with Gasteiger partial charge in [-0.2, -0.15) is 0 Å². The summed E-state index contributed by atoms with van der Waals surface area (Å²) in [4.78, 5) is 4.10. The molecule has 0 aliphatic carbocycles. The standard InChI is InChI=1S/C15H18N2O/c1-3-18-15-7-6-12(2)9-14(15)17-11-13-5-4-8-16-10-13/h4-10,17H,3,11H2,1-2H3. The molecule has 2 rings (SSSR count). The molecule has 3 heteroatoms. The van der Waals surface area contributed by atoms with Crippen LogP contribution in [0.2, 0.25) is 0 Å². The van der Waals surface area contributed by atoms with E-state index in [4.69, 9.17) is 4.74 Å². The maximum Gasteiger partial charge on any atom is 0.142 e. The SMILES string of the molecule is CCOc1ccc(C)cc1NCc1cccnc1. The topological polar surface area (TPSA) is 34.1 Å². The van der Waals surface area contributed by atoms with E-state index in [9.17, 15) is 0 Å². The molecule has 1 heterocycles. The maximum absolute atomic E-state index is 5.60. The molecule has 0 atom stereocenters. The number of hydrogen-bond acceptors (Lipinski definition) is 3. The number of nitrogens with one attached hydrogen (secondary N) is 1. The predicted octanol–water partition coefficient (Wildman–Crippen LogP) is 3.40. The first-order chi connectivity index (χ1) is 8.79. The van der Waals surface area contributed by atoms with Crippen LogP contribution in [0.3, 0.4) is 0 Å². The van der Waals surface area contributed by atoms with Crippen molar-refractivity contribution in [3.63, 3.8) is 0 Å². The molecule has 94 valence electrons. The molecule has 0 bridgehead atoms. The Hall–Kier alpha value is -2.03. The molecule has 18 heavy (non-hydrogen) atoms. The van der Waals surface area contributed by atoms with E-state index in [1.165, 1.54) is 5.56 Å². The lowest BCUT2D eigenvalue weighted by Gasteiger charge is -2.13. The zero-order valence-corrected chi connectivity index (χ0v) is 10.8. The van der Waals surface area contributed by atoms with Gasteiger partial charge in [-0.25, -0.2) is 0 Å². The van der Waals surface area contributed by atoms with Crippen LogP contribution in [0.5, 0.6) is 5.75 Å². The van der Waals surface area contributed by atoms with E-state index in [-0.39, 0.29) is 0 Å². The van der Waals surface area contributed by atoms with E-state index in [0.29, 0.717) is 6.61 Å². The smallest absolute Gasteiger partial charge is 0.142 e. The lowest BCUT2D eigenvalue weighted by Crippen LogP contribution is -2.03. The van der Waals surface area contributed by atoms with E-state index >= 15 is 0 Å². The number of aryl methyl sites for hydroxylation is 1. The van der Waals surface area contributed by atoms with Gasteiger partial charge in [0.2, 0.25) is 0 Å². The average Bonchev–Trinajstić information content (AvgIpc) is 2.40. The lowest BCUT2D eigenvalue weighted by molar-refractivity contribution is 0.341. The van der Waals surface area contributed by atoms with Crippen LogP contribution in [-0.2, 0) is 6.54 Å². The largest absolute Gasteiger partial charge is 0.492 e. The Labute approximate surface area is 108 Å². The Bertz CT molecular complexity index is 497. The van der Waals surface area contributed by atoms with Crippen molar-refractivity contribution in [2.75, 3.05) is 11.9 Å². The Morgan fingerprint density at radius 2 is 2.17 bits per heavy atom. The van der Waals surface area contributed by atoms with Gasteiger partial charge in [0.25, 0.3) is 0 Å². The molecular formula is C15H18N2O. The van der Waals surface area contributed by atoms with E-state index in [1.807, 2.05) is 25.3 Å². The van der Waals surface area contributed by atoms with Crippen molar-refractivity contribution < 1.29 is 4.74 Å². The molecule has 0 spiro atoms. The normalized spacial score (nSPS) is 10.1. The van der Waals surface area contributed by atoms with Gasteiger partial charge >= 0.3 is 0 Å². The number of ether oxygens (including phenoxy) is 1. The van der Waals surface area contributed by atoms with Gasteiger partial charge in [0.15, 0.2) is 0 Å². The van der Waals surface area contributed by atoms with Crippen LogP contribution in [0.25, 0.3) is 0 Å². The van der Waals surface area contributed by atoms with Crippen LogP contribution in [-0.4, -0.2) is 11.6 Å². The summed E-state index contributed by atoms with van der Waals surface area (Å²) < 4.78 is 5.60. The van der Waals surface area contributed by atoms with Crippen molar-refractivity contribution in [3.05, 3.63) is 53.9 Å². The highest BCUT2D eigenvalue weighted by Crippen LogP contribution is 2.26. The van der Waals surface area contributed by atoms with Crippen molar-refractivity contribution in [3.8, 4) is 5.75 Å². The van der Waals surface area contributed by atoms with Gasteiger partial charge in [-0.1, -0.05) is 12.1 Å². The summed E-state index contributed by atoms with van der Waals surface area (Å²) in [5.41, 5.74) is 3.40. The van der Waals surface area contributed by atoms with Gasteiger partial charge in [-0.3, -0.25) is 4.98 Å². The van der Waals surface area contributed by atoms with Gasteiger partial charge in [-0.15, -0.1) is 0 Å². The predicted molar refractivity (Wildman–Crippen MR) is 73.9 cm³/mol. The second-order valence-electron chi connectivity index (χ2n) is 4.15. The lowest BCUT2D eigenvalue weighted by atomic mass is 10.2. The van der Waals surface area contributed by atoms with Crippen LogP contribution in [0.4, 0.5) is 5.69 Å². The van der Waals surface area contributed by atoms with Crippen molar-refractivity contribution >= 4 is 5.69 Å². The molecule has 1 aromatic carbocycles.